The molecule has 0 unspecified atom stereocenters. The summed E-state index contributed by atoms with van der Waals surface area (Å²) in [5, 5.41) is 9.65. The number of thiophene rings is 1. The lowest BCUT2D eigenvalue weighted by molar-refractivity contribution is -0.137. The first kappa shape index (κ1) is 23.6. The summed E-state index contributed by atoms with van der Waals surface area (Å²) in [6.45, 7) is 1.53. The molecule has 8 heteroatoms. The average Bonchev–Trinajstić information content (AvgIpc) is 3.17. The standard InChI is InChI=1S/C25H22N2O5S/c1-3-31-25(29)22-20(19(14-26)23(27)33-22)15-32-24(28)18(16-9-5-4-6-10-16)13-17-11-7-8-12-21(17)30-2/h4-13H,3,15,27H2,1-2H3/b18-13+. The van der Waals surface area contributed by atoms with E-state index in [2.05, 4.69) is 0 Å². The van der Waals surface area contributed by atoms with Gasteiger partial charge in [0, 0.05) is 11.1 Å². The van der Waals surface area contributed by atoms with Gasteiger partial charge in [0.15, 0.2) is 0 Å². The highest BCUT2D eigenvalue weighted by Gasteiger charge is 2.25. The van der Waals surface area contributed by atoms with Crippen LogP contribution in [-0.2, 0) is 20.9 Å². The number of para-hydroxylation sites is 1. The zero-order valence-electron chi connectivity index (χ0n) is 18.2. The molecule has 1 aromatic heterocycles. The second-order valence-electron chi connectivity index (χ2n) is 6.72. The van der Waals surface area contributed by atoms with E-state index in [1.165, 1.54) is 0 Å². The molecule has 0 aliphatic heterocycles. The summed E-state index contributed by atoms with van der Waals surface area (Å²) in [6, 6.07) is 18.3. The van der Waals surface area contributed by atoms with Gasteiger partial charge in [0.1, 0.15) is 28.3 Å². The minimum Gasteiger partial charge on any atom is -0.496 e. The monoisotopic (exact) mass is 462 g/mol. The van der Waals surface area contributed by atoms with Crippen molar-refractivity contribution in [2.24, 2.45) is 0 Å². The molecule has 0 amide bonds. The number of nitriles is 1. The van der Waals surface area contributed by atoms with E-state index in [1.807, 2.05) is 42.5 Å². The summed E-state index contributed by atoms with van der Waals surface area (Å²) in [7, 11) is 1.55. The molecule has 2 aromatic carbocycles. The summed E-state index contributed by atoms with van der Waals surface area (Å²) in [4.78, 5) is 25.6. The van der Waals surface area contributed by atoms with Gasteiger partial charge in [0.05, 0.1) is 24.9 Å². The Balaban J connectivity index is 1.96. The maximum absolute atomic E-state index is 13.2. The van der Waals surface area contributed by atoms with Gasteiger partial charge < -0.3 is 19.9 Å². The molecule has 0 fully saturated rings. The Morgan fingerprint density at radius 2 is 1.79 bits per heavy atom. The molecule has 0 atom stereocenters. The Hall–Kier alpha value is -4.09. The van der Waals surface area contributed by atoms with Gasteiger partial charge in [-0.3, -0.25) is 0 Å². The first-order chi connectivity index (χ1) is 16.0. The summed E-state index contributed by atoms with van der Waals surface area (Å²) in [5.41, 5.74) is 7.87. The Morgan fingerprint density at radius 3 is 2.45 bits per heavy atom. The lowest BCUT2D eigenvalue weighted by atomic mass is 10.0. The Kier molecular flexibility index (Phi) is 7.84. The number of nitrogens with two attached hydrogens (primary N) is 1. The SMILES string of the molecule is CCOC(=O)c1sc(N)c(C#N)c1COC(=O)/C(=C/c1ccccc1OC)c1ccccc1. The molecule has 3 rings (SSSR count). The minimum atomic E-state index is -0.629. The molecule has 1 heterocycles. The number of nitrogens with zero attached hydrogens (tertiary/aromatic N) is 1. The van der Waals surface area contributed by atoms with Crippen LogP contribution in [0.15, 0.2) is 54.6 Å². The van der Waals surface area contributed by atoms with Crippen molar-refractivity contribution in [2.75, 3.05) is 19.5 Å². The van der Waals surface area contributed by atoms with Crippen molar-refractivity contribution in [3.8, 4) is 11.8 Å². The first-order valence-electron chi connectivity index (χ1n) is 10.1. The molecule has 0 saturated heterocycles. The summed E-state index contributed by atoms with van der Waals surface area (Å²) < 4.78 is 16.0. The zero-order chi connectivity index (χ0) is 23.8. The van der Waals surface area contributed by atoms with Crippen LogP contribution in [0, 0.1) is 11.3 Å². The smallest absolute Gasteiger partial charge is 0.348 e. The van der Waals surface area contributed by atoms with E-state index in [1.54, 1.807) is 38.3 Å². The number of methoxy groups -OCH3 is 1. The quantitative estimate of drug-likeness (QED) is 0.294. The molecule has 7 nitrogen and oxygen atoms in total. The highest BCUT2D eigenvalue weighted by Crippen LogP contribution is 2.32. The van der Waals surface area contributed by atoms with Gasteiger partial charge in [-0.15, -0.1) is 11.3 Å². The van der Waals surface area contributed by atoms with Crippen molar-refractivity contribution in [3.63, 3.8) is 0 Å². The predicted octanol–water partition coefficient (Wildman–Crippen LogP) is 4.67. The molecule has 0 aliphatic rings. The van der Waals surface area contributed by atoms with Gasteiger partial charge in [0.25, 0.3) is 0 Å². The van der Waals surface area contributed by atoms with Crippen LogP contribution in [0.2, 0.25) is 0 Å². The van der Waals surface area contributed by atoms with E-state index in [0.717, 1.165) is 11.3 Å². The third kappa shape index (κ3) is 5.40. The lowest BCUT2D eigenvalue weighted by Crippen LogP contribution is -2.11. The second-order valence-corrected chi connectivity index (χ2v) is 7.78. The average molecular weight is 463 g/mol. The van der Waals surface area contributed by atoms with Crippen LogP contribution in [0.5, 0.6) is 5.75 Å². The molecular formula is C25H22N2O5S. The molecule has 3 aromatic rings. The van der Waals surface area contributed by atoms with Gasteiger partial charge in [-0.2, -0.15) is 5.26 Å². The third-order valence-electron chi connectivity index (χ3n) is 4.70. The van der Waals surface area contributed by atoms with E-state index >= 15 is 0 Å². The topological polar surface area (TPSA) is 112 Å². The van der Waals surface area contributed by atoms with Crippen molar-refractivity contribution >= 4 is 39.9 Å². The highest BCUT2D eigenvalue weighted by atomic mass is 32.1. The highest BCUT2D eigenvalue weighted by molar-refractivity contribution is 7.18. The Morgan fingerprint density at radius 1 is 1.09 bits per heavy atom. The molecule has 0 saturated carbocycles. The molecule has 0 radical (unpaired) electrons. The van der Waals surface area contributed by atoms with E-state index in [-0.39, 0.29) is 34.2 Å². The largest absolute Gasteiger partial charge is 0.496 e. The molecule has 0 spiro atoms. The van der Waals surface area contributed by atoms with Crippen LogP contribution in [0.25, 0.3) is 11.6 Å². The molecule has 0 aliphatic carbocycles. The van der Waals surface area contributed by atoms with Crippen LogP contribution >= 0.6 is 11.3 Å². The summed E-state index contributed by atoms with van der Waals surface area (Å²) >= 11 is 0.936. The van der Waals surface area contributed by atoms with E-state index < -0.39 is 11.9 Å². The molecule has 33 heavy (non-hydrogen) atoms. The Bertz CT molecular complexity index is 1230. The molecule has 0 bridgehead atoms. The van der Waals surface area contributed by atoms with E-state index in [0.29, 0.717) is 22.4 Å². The second kappa shape index (κ2) is 11.0. The third-order valence-corrected chi connectivity index (χ3v) is 5.74. The number of hydrogen-bond donors (Lipinski definition) is 1. The van der Waals surface area contributed by atoms with Crippen molar-refractivity contribution in [1.29, 1.82) is 5.26 Å². The Labute approximate surface area is 195 Å². The van der Waals surface area contributed by atoms with Gasteiger partial charge in [0.2, 0.25) is 0 Å². The van der Waals surface area contributed by atoms with E-state index in [9.17, 15) is 14.9 Å². The maximum Gasteiger partial charge on any atom is 0.348 e. The molecule has 168 valence electrons. The van der Waals surface area contributed by atoms with Gasteiger partial charge in [-0.25, -0.2) is 9.59 Å². The van der Waals surface area contributed by atoms with Crippen molar-refractivity contribution in [3.05, 3.63) is 81.7 Å². The molecule has 2 N–H and O–H groups in total. The number of benzene rings is 2. The predicted molar refractivity (Wildman–Crippen MR) is 127 cm³/mol. The number of ether oxygens (including phenoxy) is 3. The van der Waals surface area contributed by atoms with Crippen LogP contribution in [0.1, 0.15) is 38.8 Å². The maximum atomic E-state index is 13.2. The van der Waals surface area contributed by atoms with Crippen LogP contribution in [0.3, 0.4) is 0 Å². The van der Waals surface area contributed by atoms with Crippen molar-refractivity contribution < 1.29 is 23.8 Å². The lowest BCUT2D eigenvalue weighted by Gasteiger charge is -2.11. The molecular weight excluding hydrogens is 440 g/mol. The van der Waals surface area contributed by atoms with Gasteiger partial charge in [-0.1, -0.05) is 48.5 Å². The normalized spacial score (nSPS) is 10.9. The minimum absolute atomic E-state index is 0.103. The fraction of sp³-hybridized carbons (Fsp3) is 0.160. The van der Waals surface area contributed by atoms with Crippen LogP contribution < -0.4 is 10.5 Å². The van der Waals surface area contributed by atoms with E-state index in [4.69, 9.17) is 19.9 Å². The number of carbonyl (C=O) groups is 2. The number of esters is 2. The fourth-order valence-corrected chi connectivity index (χ4v) is 4.06. The number of hydrogen-bond acceptors (Lipinski definition) is 8. The van der Waals surface area contributed by atoms with Crippen LogP contribution in [-0.4, -0.2) is 25.7 Å². The van der Waals surface area contributed by atoms with Gasteiger partial charge in [-0.05, 0) is 24.6 Å². The summed E-state index contributed by atoms with van der Waals surface area (Å²) in [5.74, 6) is -0.647. The number of rotatable bonds is 8. The number of carbonyl (C=O) groups excluding carboxylic acids is 2. The van der Waals surface area contributed by atoms with Crippen molar-refractivity contribution in [1.82, 2.24) is 0 Å². The fourth-order valence-electron chi connectivity index (χ4n) is 3.14. The van der Waals surface area contributed by atoms with Crippen LogP contribution in [0.4, 0.5) is 5.00 Å². The number of anilines is 1. The summed E-state index contributed by atoms with van der Waals surface area (Å²) in [6.07, 6.45) is 1.68. The van der Waals surface area contributed by atoms with Gasteiger partial charge >= 0.3 is 11.9 Å². The number of nitrogen functional groups attached to an aromatic ring is 1. The first-order valence-corrected chi connectivity index (χ1v) is 10.9. The zero-order valence-corrected chi connectivity index (χ0v) is 19.0. The van der Waals surface area contributed by atoms with Crippen molar-refractivity contribution in [2.45, 2.75) is 13.5 Å².